The minimum Gasteiger partial charge on any atom is -0.496 e. The molecular weight excluding hydrogens is 382 g/mol. The fraction of sp³-hybridized carbons (Fsp3) is 0.105. The van der Waals surface area contributed by atoms with Gasteiger partial charge in [-0.3, -0.25) is 10.1 Å². The lowest BCUT2D eigenvalue weighted by Crippen LogP contribution is -2.34. The Balaban J connectivity index is 1.70. The Morgan fingerprint density at radius 1 is 1.04 bits per heavy atom. The number of ether oxygens (including phenoxy) is 2. The van der Waals surface area contributed by atoms with E-state index in [1.54, 1.807) is 18.2 Å². The second-order valence-electron chi connectivity index (χ2n) is 5.35. The highest BCUT2D eigenvalue weighted by molar-refractivity contribution is 7.80. The molecule has 6 nitrogen and oxygen atoms in total. The van der Waals surface area contributed by atoms with Gasteiger partial charge < -0.3 is 14.8 Å². The van der Waals surface area contributed by atoms with Gasteiger partial charge in [-0.25, -0.2) is 4.98 Å². The first-order valence-electron chi connectivity index (χ1n) is 7.96. The van der Waals surface area contributed by atoms with Crippen molar-refractivity contribution < 1.29 is 14.3 Å². The fourth-order valence-corrected chi connectivity index (χ4v) is 3.42. The van der Waals surface area contributed by atoms with Crippen LogP contribution in [0.3, 0.4) is 0 Å². The fourth-order valence-electron chi connectivity index (χ4n) is 2.44. The van der Waals surface area contributed by atoms with Crippen LogP contribution in [0, 0.1) is 0 Å². The Morgan fingerprint density at radius 3 is 2.33 bits per heavy atom. The van der Waals surface area contributed by atoms with Crippen LogP contribution in [0.4, 0.5) is 5.13 Å². The van der Waals surface area contributed by atoms with Gasteiger partial charge in [0.25, 0.3) is 5.91 Å². The van der Waals surface area contributed by atoms with Crippen LogP contribution in [-0.4, -0.2) is 30.2 Å². The summed E-state index contributed by atoms with van der Waals surface area (Å²) in [7, 11) is 2.98. The quantitative estimate of drug-likeness (QED) is 0.633. The maximum absolute atomic E-state index is 12.6. The first-order valence-corrected chi connectivity index (χ1v) is 9.25. The van der Waals surface area contributed by atoms with Gasteiger partial charge in [-0.1, -0.05) is 36.4 Å². The predicted molar refractivity (Wildman–Crippen MR) is 111 cm³/mol. The molecule has 0 aliphatic heterocycles. The van der Waals surface area contributed by atoms with Crippen molar-refractivity contribution in [2.45, 2.75) is 0 Å². The van der Waals surface area contributed by atoms with Crippen LogP contribution in [0.2, 0.25) is 0 Å². The highest BCUT2D eigenvalue weighted by Gasteiger charge is 2.19. The monoisotopic (exact) mass is 399 g/mol. The van der Waals surface area contributed by atoms with Gasteiger partial charge in [0.1, 0.15) is 17.1 Å². The summed E-state index contributed by atoms with van der Waals surface area (Å²) in [6.45, 7) is 0. The van der Waals surface area contributed by atoms with E-state index in [0.717, 1.165) is 11.3 Å². The number of nitrogens with one attached hydrogen (secondary N) is 2. The Labute approximate surface area is 166 Å². The number of amides is 1. The van der Waals surface area contributed by atoms with Crippen molar-refractivity contribution in [3.05, 3.63) is 59.5 Å². The van der Waals surface area contributed by atoms with Crippen molar-refractivity contribution in [3.63, 3.8) is 0 Å². The molecule has 2 N–H and O–H groups in total. The molecule has 0 bridgehead atoms. The number of thiocarbonyl (C=S) groups is 1. The summed E-state index contributed by atoms with van der Waals surface area (Å²) in [6, 6.07) is 14.9. The average Bonchev–Trinajstić information content (AvgIpc) is 3.16. The van der Waals surface area contributed by atoms with Gasteiger partial charge in [-0.2, -0.15) is 0 Å². The van der Waals surface area contributed by atoms with E-state index in [0.29, 0.717) is 16.6 Å². The van der Waals surface area contributed by atoms with Crippen LogP contribution >= 0.6 is 23.6 Å². The highest BCUT2D eigenvalue weighted by Crippen LogP contribution is 2.28. The van der Waals surface area contributed by atoms with Crippen molar-refractivity contribution in [2.75, 3.05) is 19.5 Å². The van der Waals surface area contributed by atoms with Crippen LogP contribution in [0.15, 0.2) is 53.9 Å². The zero-order valence-corrected chi connectivity index (χ0v) is 16.3. The summed E-state index contributed by atoms with van der Waals surface area (Å²) in [5.41, 5.74) is 2.12. The first-order chi connectivity index (χ1) is 13.1. The first kappa shape index (κ1) is 18.8. The van der Waals surface area contributed by atoms with Crippen molar-refractivity contribution in [3.8, 4) is 22.8 Å². The van der Waals surface area contributed by atoms with Gasteiger partial charge in [0, 0.05) is 10.9 Å². The molecule has 3 rings (SSSR count). The number of benzene rings is 2. The third-order valence-corrected chi connectivity index (χ3v) is 4.64. The Bertz CT molecular complexity index is 936. The molecule has 0 aliphatic carbocycles. The van der Waals surface area contributed by atoms with Crippen molar-refractivity contribution >= 4 is 39.7 Å². The molecule has 0 atom stereocenters. The van der Waals surface area contributed by atoms with Crippen LogP contribution in [0.1, 0.15) is 10.4 Å². The van der Waals surface area contributed by atoms with E-state index in [1.807, 2.05) is 35.7 Å². The Kier molecular flexibility index (Phi) is 6.00. The number of aromatic nitrogens is 1. The molecule has 0 aliphatic rings. The van der Waals surface area contributed by atoms with E-state index in [1.165, 1.54) is 25.6 Å². The van der Waals surface area contributed by atoms with Gasteiger partial charge in [-0.15, -0.1) is 11.3 Å². The van der Waals surface area contributed by atoms with Crippen LogP contribution in [0.25, 0.3) is 11.3 Å². The van der Waals surface area contributed by atoms with Crippen molar-refractivity contribution in [1.82, 2.24) is 10.3 Å². The van der Waals surface area contributed by atoms with E-state index in [4.69, 9.17) is 21.7 Å². The molecule has 1 amide bonds. The number of anilines is 1. The third-order valence-electron chi connectivity index (χ3n) is 3.68. The van der Waals surface area contributed by atoms with E-state index in [9.17, 15) is 4.79 Å². The number of carbonyl (C=O) groups excluding carboxylic acids is 1. The molecule has 0 radical (unpaired) electrons. The topological polar surface area (TPSA) is 72.5 Å². The van der Waals surface area contributed by atoms with E-state index >= 15 is 0 Å². The van der Waals surface area contributed by atoms with Crippen LogP contribution < -0.4 is 20.1 Å². The number of hydrogen-bond donors (Lipinski definition) is 2. The number of carbonyl (C=O) groups is 1. The highest BCUT2D eigenvalue weighted by atomic mass is 32.1. The zero-order valence-electron chi connectivity index (χ0n) is 14.7. The van der Waals surface area contributed by atoms with Gasteiger partial charge >= 0.3 is 0 Å². The molecule has 0 saturated heterocycles. The molecule has 0 fully saturated rings. The summed E-state index contributed by atoms with van der Waals surface area (Å²) >= 11 is 6.64. The molecular formula is C19H17N3O3S2. The van der Waals surface area contributed by atoms with E-state index in [-0.39, 0.29) is 10.7 Å². The number of hydrogen-bond acceptors (Lipinski definition) is 6. The Hall–Kier alpha value is -2.97. The predicted octanol–water partition coefficient (Wildman–Crippen LogP) is 3.95. The summed E-state index contributed by atoms with van der Waals surface area (Å²) in [5.74, 6) is 0.368. The lowest BCUT2D eigenvalue weighted by atomic mass is 10.1. The summed E-state index contributed by atoms with van der Waals surface area (Å²) in [4.78, 5) is 17.1. The standard InChI is InChI=1S/C19H17N3O3S2/c1-24-14-9-6-10-15(25-2)16(14)17(23)21-18(26)22-19-20-13(11-27-19)12-7-4-3-5-8-12/h3-11H,1-2H3,(H2,20,21,22,23,26). The minimum atomic E-state index is -0.429. The Morgan fingerprint density at radius 2 is 1.70 bits per heavy atom. The SMILES string of the molecule is COc1cccc(OC)c1C(=O)NC(=S)Nc1nc(-c2ccccc2)cs1. The lowest BCUT2D eigenvalue weighted by Gasteiger charge is -2.13. The molecule has 0 saturated carbocycles. The third kappa shape index (κ3) is 4.42. The number of nitrogens with zero attached hydrogens (tertiary/aromatic N) is 1. The van der Waals surface area contributed by atoms with Crippen molar-refractivity contribution in [2.24, 2.45) is 0 Å². The largest absolute Gasteiger partial charge is 0.496 e. The van der Waals surface area contributed by atoms with Gasteiger partial charge in [-0.05, 0) is 24.4 Å². The van der Waals surface area contributed by atoms with Gasteiger partial charge in [0.05, 0.1) is 19.9 Å². The maximum atomic E-state index is 12.6. The van der Waals surface area contributed by atoms with E-state index in [2.05, 4.69) is 15.6 Å². The minimum absolute atomic E-state index is 0.141. The second kappa shape index (κ2) is 8.61. The molecule has 138 valence electrons. The lowest BCUT2D eigenvalue weighted by molar-refractivity contribution is 0.0971. The average molecular weight is 399 g/mol. The van der Waals surface area contributed by atoms with Gasteiger partial charge in [0.15, 0.2) is 10.2 Å². The maximum Gasteiger partial charge on any atom is 0.264 e. The number of methoxy groups -OCH3 is 2. The van der Waals surface area contributed by atoms with Gasteiger partial charge in [0.2, 0.25) is 0 Å². The molecule has 27 heavy (non-hydrogen) atoms. The number of rotatable bonds is 5. The smallest absolute Gasteiger partial charge is 0.264 e. The molecule has 1 heterocycles. The van der Waals surface area contributed by atoms with Crippen LogP contribution in [-0.2, 0) is 0 Å². The molecule has 0 unspecified atom stereocenters. The van der Waals surface area contributed by atoms with Crippen molar-refractivity contribution in [1.29, 1.82) is 0 Å². The molecule has 8 heteroatoms. The second-order valence-corrected chi connectivity index (χ2v) is 6.62. The molecule has 3 aromatic rings. The normalized spacial score (nSPS) is 10.1. The molecule has 0 spiro atoms. The zero-order chi connectivity index (χ0) is 19.2. The van der Waals surface area contributed by atoms with E-state index < -0.39 is 5.91 Å². The summed E-state index contributed by atoms with van der Waals surface area (Å²) < 4.78 is 10.5. The summed E-state index contributed by atoms with van der Waals surface area (Å²) in [6.07, 6.45) is 0. The molecule has 1 aromatic heterocycles. The summed E-state index contributed by atoms with van der Waals surface area (Å²) in [5, 5.41) is 8.22. The number of thiazole rings is 1. The van der Waals surface area contributed by atoms with Crippen LogP contribution in [0.5, 0.6) is 11.5 Å². The molecule has 2 aromatic carbocycles.